The van der Waals surface area contributed by atoms with E-state index in [2.05, 4.69) is 11.4 Å². The molecule has 3 heteroatoms. The molecular formula is C17H23Cl2N. The first-order valence-corrected chi connectivity index (χ1v) is 8.60. The van der Waals surface area contributed by atoms with Gasteiger partial charge in [-0.05, 0) is 49.1 Å². The summed E-state index contributed by atoms with van der Waals surface area (Å²) < 4.78 is 0. The highest BCUT2D eigenvalue weighted by Crippen LogP contribution is 2.41. The van der Waals surface area contributed by atoms with Crippen molar-refractivity contribution < 1.29 is 0 Å². The van der Waals surface area contributed by atoms with Gasteiger partial charge in [0, 0.05) is 12.6 Å². The van der Waals surface area contributed by atoms with E-state index in [1.807, 2.05) is 12.1 Å². The number of nitrogens with one attached hydrogen (secondary N) is 1. The highest BCUT2D eigenvalue weighted by atomic mass is 35.5. The van der Waals surface area contributed by atoms with Gasteiger partial charge in [0.15, 0.2) is 0 Å². The van der Waals surface area contributed by atoms with Crippen LogP contribution in [0.5, 0.6) is 0 Å². The Kier molecular flexibility index (Phi) is 4.59. The van der Waals surface area contributed by atoms with Gasteiger partial charge in [0.2, 0.25) is 0 Å². The van der Waals surface area contributed by atoms with Crippen LogP contribution in [0.25, 0.3) is 0 Å². The van der Waals surface area contributed by atoms with Crippen LogP contribution in [-0.2, 0) is 6.42 Å². The summed E-state index contributed by atoms with van der Waals surface area (Å²) >= 11 is 12.6. The SMILES string of the molecule is Clc1cccc(CC2(CNC3CC3)CCCCC2)c1Cl. The number of benzene rings is 1. The van der Waals surface area contributed by atoms with Crippen LogP contribution in [0.2, 0.25) is 10.0 Å². The van der Waals surface area contributed by atoms with E-state index in [1.165, 1.54) is 50.5 Å². The second kappa shape index (κ2) is 6.25. The van der Waals surface area contributed by atoms with Crippen LogP contribution in [0, 0.1) is 5.41 Å². The quantitative estimate of drug-likeness (QED) is 0.784. The molecule has 0 radical (unpaired) electrons. The molecule has 2 aliphatic carbocycles. The summed E-state index contributed by atoms with van der Waals surface area (Å²) in [6.07, 6.45) is 10.5. The van der Waals surface area contributed by atoms with Crippen molar-refractivity contribution in [2.45, 2.75) is 57.4 Å². The molecule has 0 spiro atoms. The van der Waals surface area contributed by atoms with Gasteiger partial charge in [0.1, 0.15) is 0 Å². The van der Waals surface area contributed by atoms with Crippen LogP contribution in [0.15, 0.2) is 18.2 Å². The minimum atomic E-state index is 0.384. The Morgan fingerprint density at radius 3 is 2.55 bits per heavy atom. The lowest BCUT2D eigenvalue weighted by Crippen LogP contribution is -2.38. The van der Waals surface area contributed by atoms with E-state index < -0.39 is 0 Å². The molecule has 110 valence electrons. The van der Waals surface area contributed by atoms with Crippen molar-refractivity contribution in [3.63, 3.8) is 0 Å². The van der Waals surface area contributed by atoms with Gasteiger partial charge in [0.05, 0.1) is 10.0 Å². The lowest BCUT2D eigenvalue weighted by molar-refractivity contribution is 0.180. The Morgan fingerprint density at radius 2 is 1.85 bits per heavy atom. The summed E-state index contributed by atoms with van der Waals surface area (Å²) in [6, 6.07) is 6.82. The zero-order chi connectivity index (χ0) is 14.0. The van der Waals surface area contributed by atoms with E-state index in [0.717, 1.165) is 24.0 Å². The molecule has 20 heavy (non-hydrogen) atoms. The van der Waals surface area contributed by atoms with Crippen LogP contribution >= 0.6 is 23.2 Å². The second-order valence-corrected chi connectivity index (χ2v) is 7.39. The molecule has 1 aromatic rings. The van der Waals surface area contributed by atoms with Gasteiger partial charge in [-0.15, -0.1) is 0 Å². The predicted octanol–water partition coefficient (Wildman–Crippen LogP) is 5.24. The van der Waals surface area contributed by atoms with Crippen LogP contribution in [-0.4, -0.2) is 12.6 Å². The number of rotatable bonds is 5. The van der Waals surface area contributed by atoms with Gasteiger partial charge < -0.3 is 5.32 Å². The molecule has 0 aliphatic heterocycles. The summed E-state index contributed by atoms with van der Waals surface area (Å²) in [4.78, 5) is 0. The summed E-state index contributed by atoms with van der Waals surface area (Å²) in [5.74, 6) is 0. The van der Waals surface area contributed by atoms with E-state index in [9.17, 15) is 0 Å². The minimum absolute atomic E-state index is 0.384. The van der Waals surface area contributed by atoms with Crippen LogP contribution < -0.4 is 5.32 Å². The maximum absolute atomic E-state index is 6.40. The zero-order valence-electron chi connectivity index (χ0n) is 11.9. The molecule has 0 saturated heterocycles. The van der Waals surface area contributed by atoms with E-state index in [1.54, 1.807) is 0 Å². The van der Waals surface area contributed by atoms with Gasteiger partial charge in [-0.25, -0.2) is 0 Å². The highest BCUT2D eigenvalue weighted by Gasteiger charge is 2.34. The molecule has 0 unspecified atom stereocenters. The maximum atomic E-state index is 6.40. The molecule has 0 aromatic heterocycles. The van der Waals surface area contributed by atoms with Crippen molar-refractivity contribution >= 4 is 23.2 Å². The third-order valence-corrected chi connectivity index (χ3v) is 5.71. The Labute approximate surface area is 132 Å². The Hall–Kier alpha value is -0.240. The van der Waals surface area contributed by atoms with Gasteiger partial charge in [-0.1, -0.05) is 54.6 Å². The van der Waals surface area contributed by atoms with Crippen LogP contribution in [0.1, 0.15) is 50.5 Å². The maximum Gasteiger partial charge on any atom is 0.0624 e. The fraction of sp³-hybridized carbons (Fsp3) is 0.647. The minimum Gasteiger partial charge on any atom is -0.313 e. The van der Waals surface area contributed by atoms with Gasteiger partial charge in [-0.2, -0.15) is 0 Å². The van der Waals surface area contributed by atoms with Crippen molar-refractivity contribution in [2.75, 3.05) is 6.54 Å². The number of hydrogen-bond acceptors (Lipinski definition) is 1. The summed E-state index contributed by atoms with van der Waals surface area (Å²) in [5, 5.41) is 5.19. The van der Waals surface area contributed by atoms with Gasteiger partial charge >= 0.3 is 0 Å². The summed E-state index contributed by atoms with van der Waals surface area (Å²) in [7, 11) is 0. The Balaban J connectivity index is 1.75. The standard InChI is InChI=1S/C17H23Cl2N/c18-15-6-4-5-13(16(15)19)11-17(9-2-1-3-10-17)12-20-14-7-8-14/h4-6,14,20H,1-3,7-12H2. The van der Waals surface area contributed by atoms with Gasteiger partial charge in [0.25, 0.3) is 0 Å². The Bertz CT molecular complexity index is 462. The second-order valence-electron chi connectivity index (χ2n) is 6.61. The largest absolute Gasteiger partial charge is 0.313 e. The topological polar surface area (TPSA) is 12.0 Å². The average molecular weight is 312 g/mol. The first kappa shape index (κ1) is 14.7. The molecule has 0 heterocycles. The lowest BCUT2D eigenvalue weighted by atomic mass is 9.70. The molecular weight excluding hydrogens is 289 g/mol. The van der Waals surface area contributed by atoms with Crippen LogP contribution in [0.3, 0.4) is 0 Å². The van der Waals surface area contributed by atoms with Crippen molar-refractivity contribution in [3.8, 4) is 0 Å². The third-order valence-electron chi connectivity index (χ3n) is 4.85. The molecule has 2 saturated carbocycles. The molecule has 0 atom stereocenters. The smallest absolute Gasteiger partial charge is 0.0624 e. The molecule has 2 fully saturated rings. The number of halogens is 2. The first-order valence-electron chi connectivity index (χ1n) is 7.85. The molecule has 0 amide bonds. The third kappa shape index (κ3) is 3.50. The summed E-state index contributed by atoms with van der Waals surface area (Å²) in [5.41, 5.74) is 1.61. The molecule has 2 aliphatic rings. The van der Waals surface area contributed by atoms with Crippen molar-refractivity contribution in [3.05, 3.63) is 33.8 Å². The fourth-order valence-corrected chi connectivity index (χ4v) is 3.84. The van der Waals surface area contributed by atoms with Crippen molar-refractivity contribution in [1.29, 1.82) is 0 Å². The van der Waals surface area contributed by atoms with Crippen molar-refractivity contribution in [2.24, 2.45) is 5.41 Å². The first-order chi connectivity index (χ1) is 9.69. The molecule has 1 aromatic carbocycles. The predicted molar refractivity (Wildman–Crippen MR) is 86.7 cm³/mol. The molecule has 3 rings (SSSR count). The van der Waals surface area contributed by atoms with E-state index in [0.29, 0.717) is 10.4 Å². The molecule has 1 nitrogen and oxygen atoms in total. The lowest BCUT2D eigenvalue weighted by Gasteiger charge is -2.38. The monoisotopic (exact) mass is 311 g/mol. The zero-order valence-corrected chi connectivity index (χ0v) is 13.4. The van der Waals surface area contributed by atoms with E-state index in [4.69, 9.17) is 23.2 Å². The number of hydrogen-bond donors (Lipinski definition) is 1. The Morgan fingerprint density at radius 1 is 1.10 bits per heavy atom. The highest BCUT2D eigenvalue weighted by molar-refractivity contribution is 6.42. The van der Waals surface area contributed by atoms with Crippen molar-refractivity contribution in [1.82, 2.24) is 5.32 Å². The van der Waals surface area contributed by atoms with E-state index >= 15 is 0 Å². The normalized spacial score (nSPS) is 21.9. The van der Waals surface area contributed by atoms with E-state index in [-0.39, 0.29) is 0 Å². The average Bonchev–Trinajstić information content (AvgIpc) is 3.27. The summed E-state index contributed by atoms with van der Waals surface area (Å²) in [6.45, 7) is 1.14. The van der Waals surface area contributed by atoms with Gasteiger partial charge in [-0.3, -0.25) is 0 Å². The molecule has 0 bridgehead atoms. The molecule has 1 N–H and O–H groups in total. The van der Waals surface area contributed by atoms with Crippen LogP contribution in [0.4, 0.5) is 0 Å². The fourth-order valence-electron chi connectivity index (χ4n) is 3.46.